The second-order valence-electron chi connectivity index (χ2n) is 6.03. The van der Waals surface area contributed by atoms with Crippen molar-refractivity contribution in [3.8, 4) is 5.75 Å². The highest BCUT2D eigenvalue weighted by Gasteiger charge is 2.23. The highest BCUT2D eigenvalue weighted by atomic mass is 35.5. The van der Waals surface area contributed by atoms with E-state index in [9.17, 15) is 13.2 Å². The molecule has 1 N–H and O–H groups in total. The van der Waals surface area contributed by atoms with E-state index in [0.29, 0.717) is 35.3 Å². The molecule has 29 heavy (non-hydrogen) atoms. The van der Waals surface area contributed by atoms with Crippen molar-refractivity contribution in [1.29, 1.82) is 0 Å². The lowest BCUT2D eigenvalue weighted by molar-refractivity contribution is -0.115. The molecule has 0 aliphatic carbocycles. The Morgan fingerprint density at radius 1 is 1.17 bits per heavy atom. The Hall–Kier alpha value is -1.74. The molecule has 0 radical (unpaired) electrons. The molecular formula is C20H25ClN2O4S2. The van der Waals surface area contributed by atoms with Gasteiger partial charge >= 0.3 is 0 Å². The van der Waals surface area contributed by atoms with Crippen LogP contribution in [-0.2, 0) is 14.8 Å². The quantitative estimate of drug-likeness (QED) is 0.532. The summed E-state index contributed by atoms with van der Waals surface area (Å²) >= 11 is 7.61. The first-order valence-corrected chi connectivity index (χ1v) is 12.0. The number of nitrogens with zero attached hydrogens (tertiary/aromatic N) is 1. The first-order chi connectivity index (χ1) is 13.8. The summed E-state index contributed by atoms with van der Waals surface area (Å²) in [5.41, 5.74) is 0.327. The fourth-order valence-corrected chi connectivity index (χ4v) is 5.36. The molecule has 1 amide bonds. The van der Waals surface area contributed by atoms with Crippen LogP contribution in [0.4, 0.5) is 5.69 Å². The summed E-state index contributed by atoms with van der Waals surface area (Å²) in [4.78, 5) is 13.4. The number of thioether (sulfide) groups is 1. The topological polar surface area (TPSA) is 75.7 Å². The largest absolute Gasteiger partial charge is 0.495 e. The summed E-state index contributed by atoms with van der Waals surface area (Å²) in [6, 6.07) is 11.9. The molecule has 2 rings (SSSR count). The first-order valence-electron chi connectivity index (χ1n) is 9.18. The van der Waals surface area contributed by atoms with Crippen LogP contribution in [0.5, 0.6) is 5.75 Å². The molecular weight excluding hydrogens is 432 g/mol. The summed E-state index contributed by atoms with van der Waals surface area (Å²) < 4.78 is 32.1. The number of rotatable bonds is 10. The van der Waals surface area contributed by atoms with Gasteiger partial charge in [0.1, 0.15) is 5.75 Å². The fraction of sp³-hybridized carbons (Fsp3) is 0.350. The molecule has 0 atom stereocenters. The van der Waals surface area contributed by atoms with Gasteiger partial charge in [-0.05, 0) is 30.3 Å². The smallest absolute Gasteiger partial charge is 0.243 e. The number of hydrogen-bond acceptors (Lipinski definition) is 5. The van der Waals surface area contributed by atoms with Crippen LogP contribution in [0.1, 0.15) is 20.3 Å². The lowest BCUT2D eigenvalue weighted by Gasteiger charge is -2.19. The molecule has 0 heterocycles. The highest BCUT2D eigenvalue weighted by molar-refractivity contribution is 7.99. The van der Waals surface area contributed by atoms with Gasteiger partial charge < -0.3 is 10.1 Å². The molecule has 9 heteroatoms. The number of methoxy groups -OCH3 is 1. The summed E-state index contributed by atoms with van der Waals surface area (Å²) in [7, 11) is -2.17. The minimum Gasteiger partial charge on any atom is -0.495 e. The van der Waals surface area contributed by atoms with Gasteiger partial charge in [0.2, 0.25) is 15.9 Å². The number of sulfonamides is 1. The van der Waals surface area contributed by atoms with Crippen LogP contribution in [0.25, 0.3) is 0 Å². The number of carbonyl (C=O) groups excluding carboxylic acids is 1. The fourth-order valence-electron chi connectivity index (χ4n) is 2.69. The zero-order chi connectivity index (χ0) is 21.4. The molecule has 2 aromatic rings. The molecule has 0 spiro atoms. The van der Waals surface area contributed by atoms with Crippen molar-refractivity contribution >= 4 is 45.0 Å². The van der Waals surface area contributed by atoms with Crippen molar-refractivity contribution in [2.45, 2.75) is 30.1 Å². The second-order valence-corrected chi connectivity index (χ2v) is 9.51. The molecule has 0 aliphatic rings. The van der Waals surface area contributed by atoms with Crippen molar-refractivity contribution in [2.75, 3.05) is 31.3 Å². The van der Waals surface area contributed by atoms with Gasteiger partial charge in [-0.25, -0.2) is 8.42 Å². The van der Waals surface area contributed by atoms with Crippen LogP contribution in [0, 0.1) is 0 Å². The second kappa shape index (κ2) is 10.9. The van der Waals surface area contributed by atoms with E-state index in [0.717, 1.165) is 4.90 Å². The Morgan fingerprint density at radius 2 is 1.86 bits per heavy atom. The molecule has 0 unspecified atom stereocenters. The van der Waals surface area contributed by atoms with Crippen molar-refractivity contribution < 1.29 is 17.9 Å². The number of carbonyl (C=O) groups is 1. The maximum Gasteiger partial charge on any atom is 0.243 e. The van der Waals surface area contributed by atoms with Gasteiger partial charge in [-0.1, -0.05) is 37.6 Å². The predicted molar refractivity (Wildman–Crippen MR) is 119 cm³/mol. The van der Waals surface area contributed by atoms with Crippen LogP contribution in [0.2, 0.25) is 5.02 Å². The lowest BCUT2D eigenvalue weighted by atomic mass is 10.3. The summed E-state index contributed by atoms with van der Waals surface area (Å²) in [5, 5.41) is 3.40. The van der Waals surface area contributed by atoms with E-state index in [-0.39, 0.29) is 17.2 Å². The molecule has 0 aromatic heterocycles. The van der Waals surface area contributed by atoms with Gasteiger partial charge in [0.05, 0.1) is 22.7 Å². The van der Waals surface area contributed by atoms with Gasteiger partial charge in [0.15, 0.2) is 0 Å². The van der Waals surface area contributed by atoms with Crippen molar-refractivity contribution in [2.24, 2.45) is 0 Å². The third-order valence-corrected chi connectivity index (χ3v) is 7.77. The standard InChI is InChI=1S/C20H25ClN2O4S2/c1-4-23(5-2)29(25,26)15-10-11-18(27-3)17(14-15)22-20(24)12-13-28-19-9-7-6-8-16(19)21/h6-11,14H,4-5,12-13H2,1-3H3,(H,22,24). The number of hydrogen-bond donors (Lipinski definition) is 1. The van der Waals surface area contributed by atoms with Crippen LogP contribution in [0.3, 0.4) is 0 Å². The van der Waals surface area contributed by atoms with E-state index in [1.807, 2.05) is 18.2 Å². The SMILES string of the molecule is CCN(CC)S(=O)(=O)c1ccc(OC)c(NC(=O)CCSc2ccccc2Cl)c1. The molecule has 0 saturated carbocycles. The minimum atomic E-state index is -3.63. The Morgan fingerprint density at radius 3 is 2.48 bits per heavy atom. The third-order valence-electron chi connectivity index (χ3n) is 4.21. The number of anilines is 1. The molecule has 0 fully saturated rings. The number of halogens is 1. The van der Waals surface area contributed by atoms with Crippen LogP contribution in [-0.4, -0.2) is 44.6 Å². The predicted octanol–water partition coefficient (Wildman–Crippen LogP) is 4.50. The molecule has 0 bridgehead atoms. The third kappa shape index (κ3) is 6.12. The summed E-state index contributed by atoms with van der Waals surface area (Å²) in [5.74, 6) is 0.700. The first kappa shape index (κ1) is 23.5. The number of amides is 1. The minimum absolute atomic E-state index is 0.114. The number of benzene rings is 2. The number of ether oxygens (including phenoxy) is 1. The zero-order valence-electron chi connectivity index (χ0n) is 16.6. The van der Waals surface area contributed by atoms with Crippen LogP contribution >= 0.6 is 23.4 Å². The van der Waals surface area contributed by atoms with Crippen LogP contribution < -0.4 is 10.1 Å². The van der Waals surface area contributed by atoms with E-state index in [4.69, 9.17) is 16.3 Å². The average molecular weight is 457 g/mol. The molecule has 6 nitrogen and oxygen atoms in total. The van der Waals surface area contributed by atoms with E-state index in [1.54, 1.807) is 26.0 Å². The Bertz CT molecular complexity index is 947. The van der Waals surface area contributed by atoms with Gasteiger partial charge in [-0.2, -0.15) is 4.31 Å². The Kier molecular flexibility index (Phi) is 8.82. The van der Waals surface area contributed by atoms with Crippen LogP contribution in [0.15, 0.2) is 52.3 Å². The molecule has 0 aliphatic heterocycles. The van der Waals surface area contributed by atoms with E-state index < -0.39 is 10.0 Å². The maximum atomic E-state index is 12.7. The number of nitrogens with one attached hydrogen (secondary N) is 1. The zero-order valence-corrected chi connectivity index (χ0v) is 19.0. The summed E-state index contributed by atoms with van der Waals surface area (Å²) in [6.07, 6.45) is 0.242. The summed E-state index contributed by atoms with van der Waals surface area (Å²) in [6.45, 7) is 4.30. The van der Waals surface area contributed by atoms with Gasteiger partial charge in [-0.15, -0.1) is 11.8 Å². The molecule has 158 valence electrons. The van der Waals surface area contributed by atoms with Crippen molar-refractivity contribution in [1.82, 2.24) is 4.31 Å². The average Bonchev–Trinajstić information content (AvgIpc) is 2.70. The maximum absolute atomic E-state index is 12.7. The highest BCUT2D eigenvalue weighted by Crippen LogP contribution is 2.30. The van der Waals surface area contributed by atoms with E-state index >= 15 is 0 Å². The molecule has 0 saturated heterocycles. The molecule has 2 aromatic carbocycles. The van der Waals surface area contributed by atoms with E-state index in [1.165, 1.54) is 35.3 Å². The van der Waals surface area contributed by atoms with E-state index in [2.05, 4.69) is 5.32 Å². The Balaban J connectivity index is 2.10. The van der Waals surface area contributed by atoms with Gasteiger partial charge in [-0.3, -0.25) is 4.79 Å². The van der Waals surface area contributed by atoms with Gasteiger partial charge in [0.25, 0.3) is 0 Å². The van der Waals surface area contributed by atoms with Gasteiger partial charge in [0, 0.05) is 30.2 Å². The van der Waals surface area contributed by atoms with Crippen molar-refractivity contribution in [3.05, 3.63) is 47.5 Å². The lowest BCUT2D eigenvalue weighted by Crippen LogP contribution is -2.30. The normalized spacial score (nSPS) is 11.5. The van der Waals surface area contributed by atoms with Crippen molar-refractivity contribution in [3.63, 3.8) is 0 Å². The Labute approximate surface area is 181 Å². The monoisotopic (exact) mass is 456 g/mol.